The molecular weight excluding hydrogens is 280 g/mol. The largest absolute Gasteiger partial charge is 0.325 e. The molecule has 21 heavy (non-hydrogen) atoms. The van der Waals surface area contributed by atoms with E-state index in [4.69, 9.17) is 0 Å². The van der Waals surface area contributed by atoms with Crippen LogP contribution in [0.3, 0.4) is 0 Å². The maximum Gasteiger partial charge on any atom is 0.241 e. The highest BCUT2D eigenvalue weighted by molar-refractivity contribution is 7.99. The van der Waals surface area contributed by atoms with Crippen molar-refractivity contribution in [2.75, 3.05) is 11.6 Å². The molecule has 1 amide bonds. The molecule has 0 aromatic heterocycles. The molecule has 2 N–H and O–H groups in total. The van der Waals surface area contributed by atoms with Crippen LogP contribution < -0.4 is 10.6 Å². The van der Waals surface area contributed by atoms with Gasteiger partial charge in [0.05, 0.1) is 6.04 Å². The van der Waals surface area contributed by atoms with Crippen molar-refractivity contribution in [2.24, 2.45) is 0 Å². The molecule has 1 aliphatic carbocycles. The average molecular weight is 306 g/mol. The Hall–Kier alpha value is -1.00. The van der Waals surface area contributed by atoms with Crippen LogP contribution in [-0.2, 0) is 4.79 Å². The second-order valence-electron chi connectivity index (χ2n) is 5.91. The summed E-state index contributed by atoms with van der Waals surface area (Å²) in [5.74, 6) is 0.0456. The minimum absolute atomic E-state index is 0.0456. The zero-order valence-corrected chi connectivity index (χ0v) is 14.0. The highest BCUT2D eigenvalue weighted by atomic mass is 32.2. The number of benzene rings is 1. The van der Waals surface area contributed by atoms with Gasteiger partial charge in [-0.2, -0.15) is 11.8 Å². The second-order valence-corrected chi connectivity index (χ2v) is 6.99. The van der Waals surface area contributed by atoms with Crippen LogP contribution in [0, 0.1) is 6.92 Å². The maximum absolute atomic E-state index is 12.3. The molecule has 3 nitrogen and oxygen atoms in total. The van der Waals surface area contributed by atoms with Gasteiger partial charge in [0, 0.05) is 17.0 Å². The van der Waals surface area contributed by atoms with Crippen LogP contribution >= 0.6 is 11.8 Å². The van der Waals surface area contributed by atoms with Gasteiger partial charge in [0.25, 0.3) is 0 Å². The van der Waals surface area contributed by atoms with Gasteiger partial charge in [-0.3, -0.25) is 4.79 Å². The lowest BCUT2D eigenvalue weighted by molar-refractivity contribution is -0.118. The molecule has 0 heterocycles. The summed E-state index contributed by atoms with van der Waals surface area (Å²) in [6.07, 6.45) is 7.18. The van der Waals surface area contributed by atoms with E-state index in [-0.39, 0.29) is 11.9 Å². The van der Waals surface area contributed by atoms with Gasteiger partial charge in [0.15, 0.2) is 0 Å². The lowest BCUT2D eigenvalue weighted by Gasteiger charge is -2.33. The maximum atomic E-state index is 12.3. The van der Waals surface area contributed by atoms with E-state index in [9.17, 15) is 4.79 Å². The highest BCUT2D eigenvalue weighted by Crippen LogP contribution is 2.27. The summed E-state index contributed by atoms with van der Waals surface area (Å²) in [4.78, 5) is 12.3. The molecular formula is C17H26N2OS. The van der Waals surface area contributed by atoms with Crippen molar-refractivity contribution in [2.45, 2.75) is 56.9 Å². The number of nitrogens with one attached hydrogen (secondary N) is 2. The first-order valence-electron chi connectivity index (χ1n) is 7.76. The fourth-order valence-corrected chi connectivity index (χ4v) is 3.80. The monoisotopic (exact) mass is 306 g/mol. The van der Waals surface area contributed by atoms with Crippen LogP contribution in [-0.4, -0.2) is 29.5 Å². The molecule has 0 saturated heterocycles. The van der Waals surface area contributed by atoms with E-state index in [1.165, 1.54) is 31.2 Å². The Balaban J connectivity index is 1.88. The zero-order chi connectivity index (χ0) is 15.2. The van der Waals surface area contributed by atoms with Gasteiger partial charge in [-0.1, -0.05) is 30.5 Å². The summed E-state index contributed by atoms with van der Waals surface area (Å²) in [6.45, 7) is 4.00. The lowest BCUT2D eigenvalue weighted by Crippen LogP contribution is -2.49. The van der Waals surface area contributed by atoms with Crippen molar-refractivity contribution in [3.63, 3.8) is 0 Å². The van der Waals surface area contributed by atoms with Gasteiger partial charge in [-0.15, -0.1) is 0 Å². The minimum Gasteiger partial charge on any atom is -0.325 e. The predicted octanol–water partition coefficient (Wildman–Crippen LogP) is 3.59. The molecule has 0 radical (unpaired) electrons. The molecule has 1 fully saturated rings. The first-order chi connectivity index (χ1) is 10.1. The Morgan fingerprint density at radius 2 is 1.90 bits per heavy atom. The second kappa shape index (κ2) is 7.85. The van der Waals surface area contributed by atoms with Crippen LogP contribution in [0.25, 0.3) is 0 Å². The van der Waals surface area contributed by atoms with E-state index in [2.05, 4.69) is 16.9 Å². The highest BCUT2D eigenvalue weighted by Gasteiger charge is 2.27. The third kappa shape index (κ3) is 4.75. The standard InChI is InChI=1S/C17H26N2OS/c1-12-8-10-14(11-9-12)19-17(20)13(2)18-15-6-4-5-7-16(15)21-3/h8-11,13,15-16,18H,4-7H2,1-3H3,(H,19,20). The molecule has 1 aromatic carbocycles. The normalized spacial score (nSPS) is 23.6. The number of aryl methyl sites for hydroxylation is 1. The number of anilines is 1. The summed E-state index contributed by atoms with van der Waals surface area (Å²) in [5, 5.41) is 7.13. The summed E-state index contributed by atoms with van der Waals surface area (Å²) >= 11 is 1.92. The number of hydrogen-bond donors (Lipinski definition) is 2. The minimum atomic E-state index is -0.163. The number of hydrogen-bond acceptors (Lipinski definition) is 3. The molecule has 0 aliphatic heterocycles. The van der Waals surface area contributed by atoms with Gasteiger partial charge >= 0.3 is 0 Å². The first kappa shape index (κ1) is 16.4. The van der Waals surface area contributed by atoms with Crippen LogP contribution in [0.2, 0.25) is 0 Å². The Morgan fingerprint density at radius 1 is 1.24 bits per heavy atom. The fourth-order valence-electron chi connectivity index (χ4n) is 2.85. The molecule has 0 spiro atoms. The third-order valence-electron chi connectivity index (χ3n) is 4.18. The quantitative estimate of drug-likeness (QED) is 0.873. The summed E-state index contributed by atoms with van der Waals surface area (Å²) in [6, 6.07) is 8.21. The topological polar surface area (TPSA) is 41.1 Å². The molecule has 1 aromatic rings. The summed E-state index contributed by atoms with van der Waals surface area (Å²) < 4.78 is 0. The van der Waals surface area contributed by atoms with Gasteiger partial charge < -0.3 is 10.6 Å². The van der Waals surface area contributed by atoms with Gasteiger partial charge in [0.1, 0.15) is 0 Å². The average Bonchev–Trinajstić information content (AvgIpc) is 2.50. The number of carbonyl (C=O) groups excluding carboxylic acids is 1. The Kier molecular flexibility index (Phi) is 6.12. The van der Waals surface area contributed by atoms with Crippen molar-refractivity contribution in [1.29, 1.82) is 0 Å². The third-order valence-corrected chi connectivity index (χ3v) is 5.35. The van der Waals surface area contributed by atoms with Crippen LogP contribution in [0.4, 0.5) is 5.69 Å². The van der Waals surface area contributed by atoms with Crippen molar-refractivity contribution in [3.8, 4) is 0 Å². The van der Waals surface area contributed by atoms with E-state index in [0.717, 1.165) is 5.69 Å². The van der Waals surface area contributed by atoms with Crippen LogP contribution in [0.15, 0.2) is 24.3 Å². The molecule has 3 unspecified atom stereocenters. The first-order valence-corrected chi connectivity index (χ1v) is 9.05. The van der Waals surface area contributed by atoms with Crippen LogP contribution in [0.5, 0.6) is 0 Å². The Labute approximate surface area is 132 Å². The number of rotatable bonds is 5. The molecule has 4 heteroatoms. The SMILES string of the molecule is CSC1CCCCC1NC(C)C(=O)Nc1ccc(C)cc1. The van der Waals surface area contributed by atoms with E-state index in [1.807, 2.05) is 49.9 Å². The van der Waals surface area contributed by atoms with E-state index < -0.39 is 0 Å². The van der Waals surface area contributed by atoms with Gasteiger partial charge in [-0.05, 0) is 45.1 Å². The lowest BCUT2D eigenvalue weighted by atomic mass is 9.94. The fraction of sp³-hybridized carbons (Fsp3) is 0.588. The number of thioether (sulfide) groups is 1. The molecule has 3 atom stereocenters. The van der Waals surface area contributed by atoms with Gasteiger partial charge in [-0.25, -0.2) is 0 Å². The smallest absolute Gasteiger partial charge is 0.241 e. The molecule has 0 bridgehead atoms. The predicted molar refractivity (Wildman–Crippen MR) is 92.0 cm³/mol. The molecule has 2 rings (SSSR count). The van der Waals surface area contributed by atoms with Crippen molar-refractivity contribution in [3.05, 3.63) is 29.8 Å². The summed E-state index contributed by atoms with van der Waals surface area (Å²) in [5.41, 5.74) is 2.06. The van der Waals surface area contributed by atoms with E-state index >= 15 is 0 Å². The van der Waals surface area contributed by atoms with Crippen molar-refractivity contribution in [1.82, 2.24) is 5.32 Å². The summed E-state index contributed by atoms with van der Waals surface area (Å²) in [7, 11) is 0. The Morgan fingerprint density at radius 3 is 2.57 bits per heavy atom. The van der Waals surface area contributed by atoms with Crippen molar-refractivity contribution >= 4 is 23.4 Å². The number of carbonyl (C=O) groups is 1. The van der Waals surface area contributed by atoms with Crippen molar-refractivity contribution < 1.29 is 4.79 Å². The van der Waals surface area contributed by atoms with E-state index in [1.54, 1.807) is 0 Å². The number of amides is 1. The van der Waals surface area contributed by atoms with Gasteiger partial charge in [0.2, 0.25) is 5.91 Å². The van der Waals surface area contributed by atoms with Crippen LogP contribution in [0.1, 0.15) is 38.2 Å². The van der Waals surface area contributed by atoms with E-state index in [0.29, 0.717) is 11.3 Å². The Bertz CT molecular complexity index is 460. The zero-order valence-electron chi connectivity index (χ0n) is 13.2. The molecule has 1 aliphatic rings. The molecule has 1 saturated carbocycles. The molecule has 116 valence electrons.